The van der Waals surface area contributed by atoms with Gasteiger partial charge in [-0.05, 0) is 48.4 Å². The van der Waals surface area contributed by atoms with Crippen molar-refractivity contribution in [2.24, 2.45) is 0 Å². The molecule has 5 rings (SSSR count). The van der Waals surface area contributed by atoms with Crippen LogP contribution >= 0.6 is 0 Å². The number of hydrogen-bond acceptors (Lipinski definition) is 5. The number of benzene rings is 3. The van der Waals surface area contributed by atoms with E-state index in [-0.39, 0.29) is 31.4 Å². The van der Waals surface area contributed by atoms with Crippen LogP contribution in [0.5, 0.6) is 11.5 Å². The molecule has 2 heterocycles. The van der Waals surface area contributed by atoms with Gasteiger partial charge in [0.25, 0.3) is 0 Å². The molecule has 35 heavy (non-hydrogen) atoms. The zero-order valence-corrected chi connectivity index (χ0v) is 19.4. The van der Waals surface area contributed by atoms with Crippen molar-refractivity contribution in [3.8, 4) is 11.5 Å². The molecule has 1 unspecified atom stereocenters. The molecular formula is C28H24FNO5. The molecule has 1 atom stereocenters. The number of cyclic esters (lactones) is 1. The summed E-state index contributed by atoms with van der Waals surface area (Å²) in [5.41, 5.74) is 3.95. The first kappa shape index (κ1) is 22.7. The number of rotatable bonds is 6. The minimum Gasteiger partial charge on any atom is -0.493 e. The van der Waals surface area contributed by atoms with Crippen LogP contribution in [0.2, 0.25) is 0 Å². The highest BCUT2D eigenvalue weighted by molar-refractivity contribution is 6.06. The standard InChI is InChI=1S/C28H24FNO5/c1-17-6-5-8-20(12-17)30-23-16-35-28(32)27(23)21(14-26(30)31)18-10-11-24(25(13-18)33-2)34-15-19-7-3-4-9-22(19)29/h3-13,21H,14-16H2,1-2H3. The molecule has 2 aliphatic rings. The van der Waals surface area contributed by atoms with Crippen LogP contribution in [0.15, 0.2) is 78.0 Å². The van der Waals surface area contributed by atoms with E-state index in [1.54, 1.807) is 41.3 Å². The molecular weight excluding hydrogens is 449 g/mol. The van der Waals surface area contributed by atoms with Gasteiger partial charge in [-0.25, -0.2) is 9.18 Å². The molecule has 0 spiro atoms. The summed E-state index contributed by atoms with van der Waals surface area (Å²) in [7, 11) is 1.51. The topological polar surface area (TPSA) is 65.1 Å². The summed E-state index contributed by atoms with van der Waals surface area (Å²) >= 11 is 0. The molecule has 0 N–H and O–H groups in total. The number of esters is 1. The largest absolute Gasteiger partial charge is 0.493 e. The van der Waals surface area contributed by atoms with Crippen LogP contribution in [0.1, 0.15) is 29.0 Å². The second-order valence-electron chi connectivity index (χ2n) is 8.55. The molecule has 0 saturated carbocycles. The van der Waals surface area contributed by atoms with Crippen LogP contribution in [0.25, 0.3) is 0 Å². The average molecular weight is 474 g/mol. The quantitative estimate of drug-likeness (QED) is 0.469. The highest BCUT2D eigenvalue weighted by Gasteiger charge is 2.43. The van der Waals surface area contributed by atoms with Crippen LogP contribution in [0.3, 0.4) is 0 Å². The molecule has 3 aromatic carbocycles. The van der Waals surface area contributed by atoms with Crippen molar-refractivity contribution < 1.29 is 28.2 Å². The zero-order valence-electron chi connectivity index (χ0n) is 19.4. The van der Waals surface area contributed by atoms with Gasteiger partial charge in [0.1, 0.15) is 19.0 Å². The number of hydrogen-bond donors (Lipinski definition) is 0. The minimum atomic E-state index is -0.469. The highest BCUT2D eigenvalue weighted by Crippen LogP contribution is 2.43. The fourth-order valence-electron chi connectivity index (χ4n) is 4.60. The Morgan fingerprint density at radius 3 is 2.63 bits per heavy atom. The minimum absolute atomic E-state index is 0.0391. The van der Waals surface area contributed by atoms with E-state index in [2.05, 4.69) is 0 Å². The molecule has 1 amide bonds. The molecule has 2 aliphatic heterocycles. The Balaban J connectivity index is 1.47. The van der Waals surface area contributed by atoms with Crippen LogP contribution in [0.4, 0.5) is 10.1 Å². The maximum Gasteiger partial charge on any atom is 0.336 e. The summed E-state index contributed by atoms with van der Waals surface area (Å²) < 4.78 is 30.6. The first-order valence-electron chi connectivity index (χ1n) is 11.3. The summed E-state index contributed by atoms with van der Waals surface area (Å²) in [4.78, 5) is 27.6. The Morgan fingerprint density at radius 2 is 1.86 bits per heavy atom. The average Bonchev–Trinajstić information content (AvgIpc) is 3.24. The van der Waals surface area contributed by atoms with Gasteiger partial charge in [0.15, 0.2) is 11.5 Å². The van der Waals surface area contributed by atoms with E-state index in [0.717, 1.165) is 11.1 Å². The number of aryl methyl sites for hydroxylation is 1. The Kier molecular flexibility index (Phi) is 5.99. The van der Waals surface area contributed by atoms with Gasteiger partial charge < -0.3 is 14.2 Å². The second kappa shape index (κ2) is 9.25. The van der Waals surface area contributed by atoms with Gasteiger partial charge in [-0.1, -0.05) is 36.4 Å². The summed E-state index contributed by atoms with van der Waals surface area (Å²) in [6.07, 6.45) is 0.112. The molecule has 3 aromatic rings. The normalized spacial score (nSPS) is 17.3. The van der Waals surface area contributed by atoms with Crippen molar-refractivity contribution in [3.63, 3.8) is 0 Å². The first-order valence-corrected chi connectivity index (χ1v) is 11.3. The molecule has 0 aromatic heterocycles. The molecule has 0 saturated heterocycles. The Bertz CT molecular complexity index is 1350. The number of carbonyl (C=O) groups is 2. The second-order valence-corrected chi connectivity index (χ2v) is 8.55. The lowest BCUT2D eigenvalue weighted by molar-refractivity contribution is -0.136. The van der Waals surface area contributed by atoms with Crippen molar-refractivity contribution in [2.75, 3.05) is 18.6 Å². The summed E-state index contributed by atoms with van der Waals surface area (Å²) in [6, 6.07) is 19.3. The van der Waals surface area contributed by atoms with Crippen molar-refractivity contribution in [1.29, 1.82) is 0 Å². The van der Waals surface area contributed by atoms with E-state index >= 15 is 0 Å². The lowest BCUT2D eigenvalue weighted by Crippen LogP contribution is -2.37. The smallest absolute Gasteiger partial charge is 0.336 e. The maximum atomic E-state index is 14.0. The molecule has 0 aliphatic carbocycles. The van der Waals surface area contributed by atoms with E-state index in [1.165, 1.54) is 13.2 Å². The van der Waals surface area contributed by atoms with Crippen molar-refractivity contribution in [3.05, 3.63) is 101 Å². The van der Waals surface area contributed by atoms with Gasteiger partial charge >= 0.3 is 5.97 Å². The predicted molar refractivity (Wildman–Crippen MR) is 128 cm³/mol. The van der Waals surface area contributed by atoms with Gasteiger partial charge in [-0.2, -0.15) is 0 Å². The molecule has 0 radical (unpaired) electrons. The molecule has 0 fully saturated rings. The van der Waals surface area contributed by atoms with E-state index in [0.29, 0.717) is 34.0 Å². The zero-order chi connectivity index (χ0) is 24.5. The Morgan fingerprint density at radius 1 is 1.03 bits per heavy atom. The van der Waals surface area contributed by atoms with Gasteiger partial charge in [0, 0.05) is 23.6 Å². The van der Waals surface area contributed by atoms with Crippen LogP contribution in [-0.2, 0) is 20.9 Å². The van der Waals surface area contributed by atoms with E-state index < -0.39 is 11.9 Å². The number of halogens is 1. The number of nitrogens with zero attached hydrogens (tertiary/aromatic N) is 1. The molecule has 7 heteroatoms. The fourth-order valence-corrected chi connectivity index (χ4v) is 4.60. The Labute approximate surface area is 202 Å². The van der Waals surface area contributed by atoms with E-state index in [4.69, 9.17) is 14.2 Å². The van der Waals surface area contributed by atoms with Crippen molar-refractivity contribution >= 4 is 17.6 Å². The van der Waals surface area contributed by atoms with Crippen molar-refractivity contribution in [1.82, 2.24) is 0 Å². The SMILES string of the molecule is COc1cc(C2CC(=O)N(c3cccc(C)c3)C3=C2C(=O)OC3)ccc1OCc1ccccc1F. The number of methoxy groups -OCH3 is 1. The molecule has 0 bridgehead atoms. The number of anilines is 1. The molecule has 6 nitrogen and oxygen atoms in total. The number of amides is 1. The predicted octanol–water partition coefficient (Wildman–Crippen LogP) is 5.05. The number of carbonyl (C=O) groups excluding carboxylic acids is 2. The fraction of sp³-hybridized carbons (Fsp3) is 0.214. The van der Waals surface area contributed by atoms with Gasteiger partial charge in [0.2, 0.25) is 5.91 Å². The van der Waals surface area contributed by atoms with Crippen LogP contribution in [0, 0.1) is 12.7 Å². The maximum absolute atomic E-state index is 14.0. The van der Waals surface area contributed by atoms with Gasteiger partial charge in [-0.3, -0.25) is 9.69 Å². The van der Waals surface area contributed by atoms with E-state index in [1.807, 2.05) is 31.2 Å². The summed E-state index contributed by atoms with van der Waals surface area (Å²) in [5.74, 6) is -0.484. The van der Waals surface area contributed by atoms with Crippen LogP contribution in [-0.4, -0.2) is 25.6 Å². The highest BCUT2D eigenvalue weighted by atomic mass is 19.1. The third-order valence-corrected chi connectivity index (χ3v) is 6.31. The Hall–Kier alpha value is -4.13. The third-order valence-electron chi connectivity index (χ3n) is 6.31. The van der Waals surface area contributed by atoms with Gasteiger partial charge in [0.05, 0.1) is 18.4 Å². The number of ether oxygens (including phenoxy) is 3. The van der Waals surface area contributed by atoms with Crippen LogP contribution < -0.4 is 14.4 Å². The third kappa shape index (κ3) is 4.25. The lowest BCUT2D eigenvalue weighted by atomic mass is 9.84. The van der Waals surface area contributed by atoms with Gasteiger partial charge in [-0.15, -0.1) is 0 Å². The summed E-state index contributed by atoms with van der Waals surface area (Å²) in [6.45, 7) is 2.04. The first-order chi connectivity index (χ1) is 17.0. The summed E-state index contributed by atoms with van der Waals surface area (Å²) in [5, 5.41) is 0. The monoisotopic (exact) mass is 473 g/mol. The van der Waals surface area contributed by atoms with Crippen molar-refractivity contribution in [2.45, 2.75) is 25.9 Å². The van der Waals surface area contributed by atoms with E-state index in [9.17, 15) is 14.0 Å². The molecule has 178 valence electrons. The lowest BCUT2D eigenvalue weighted by Gasteiger charge is -2.32.